The zero-order valence-electron chi connectivity index (χ0n) is 19.5. The molecule has 0 aliphatic carbocycles. The molecule has 0 aliphatic heterocycles. The summed E-state index contributed by atoms with van der Waals surface area (Å²) >= 11 is 5.76. The van der Waals surface area contributed by atoms with E-state index in [1.807, 2.05) is 0 Å². The third kappa shape index (κ3) is 8.64. The van der Waals surface area contributed by atoms with Crippen LogP contribution < -0.4 is 16.2 Å². The fraction of sp³-hybridized carbons (Fsp3) is 0.150. The third-order valence-electron chi connectivity index (χ3n) is 4.49. The van der Waals surface area contributed by atoms with Gasteiger partial charge in [-0.1, -0.05) is 12.1 Å². The maximum absolute atomic E-state index is 13.1. The summed E-state index contributed by atoms with van der Waals surface area (Å²) in [5.74, 6) is -2.53. The minimum Gasteiger partial charge on any atom is -0.475 e. The number of primary sulfonamides is 1. The first-order chi connectivity index (χ1) is 17.9. The van der Waals surface area contributed by atoms with Gasteiger partial charge in [0.2, 0.25) is 19.9 Å². The number of sulfonamides is 1. The zero-order valence-corrected chi connectivity index (χ0v) is 24.3. The number of halogens is 4. The minimum absolute atomic E-state index is 0.00404. The number of aromatic nitrogens is 1. The average Bonchev–Trinajstić information content (AvgIpc) is 3.29. The second-order valence-corrected chi connectivity index (χ2v) is 13.7. The van der Waals surface area contributed by atoms with Crippen molar-refractivity contribution in [3.05, 3.63) is 57.5 Å². The Morgan fingerprint density at radius 1 is 1.18 bits per heavy atom. The number of hydrogen-bond donors (Lipinski definition) is 5. The molecule has 2 aromatic heterocycles. The molecule has 2 heterocycles. The second-order valence-electron chi connectivity index (χ2n) is 7.23. The van der Waals surface area contributed by atoms with Gasteiger partial charge in [0.1, 0.15) is 11.7 Å². The molecule has 0 atom stereocenters. The second kappa shape index (κ2) is 12.6. The number of carboxylic acid groups (broad SMARTS) is 1. The van der Waals surface area contributed by atoms with Crippen molar-refractivity contribution in [2.24, 2.45) is 10.9 Å². The smallest absolute Gasteiger partial charge is 0.475 e. The number of sulfone groups is 1. The van der Waals surface area contributed by atoms with Crippen molar-refractivity contribution >= 4 is 76.5 Å². The summed E-state index contributed by atoms with van der Waals surface area (Å²) in [7, 11) is -7.63. The highest BCUT2D eigenvalue weighted by molar-refractivity contribution is 9.10. The standard InChI is InChI=1S/C18H18BrN5O4S4.C2HF3O2/c1-29-18-15(7-14(30-18)16(20)21)31(25,26)12-6-13(19)17(24-9-12)23-8-10-2-4-11(5-3-10)32(22,27)28;3-2(4,5)1(6)7/h2-7,9H,8H2,1H3,(H3,20,21)(H,23,24)(H2,22,27,28);(H,6,7). The van der Waals surface area contributed by atoms with Gasteiger partial charge in [-0.05, 0) is 52.0 Å². The first-order valence-electron chi connectivity index (χ1n) is 9.96. The van der Waals surface area contributed by atoms with E-state index in [0.29, 0.717) is 25.9 Å². The van der Waals surface area contributed by atoms with Crippen molar-refractivity contribution in [3.8, 4) is 0 Å². The molecule has 39 heavy (non-hydrogen) atoms. The zero-order chi connectivity index (χ0) is 29.8. The molecule has 7 N–H and O–H groups in total. The van der Waals surface area contributed by atoms with Crippen LogP contribution in [0.3, 0.4) is 0 Å². The van der Waals surface area contributed by atoms with Crippen molar-refractivity contribution in [2.45, 2.75) is 31.6 Å². The molecule has 0 bridgehead atoms. The van der Waals surface area contributed by atoms with E-state index >= 15 is 0 Å². The number of carbonyl (C=O) groups is 1. The molecule has 0 unspecified atom stereocenters. The quantitative estimate of drug-likeness (QED) is 0.132. The van der Waals surface area contributed by atoms with E-state index < -0.39 is 32.0 Å². The Labute approximate surface area is 237 Å². The fourth-order valence-electron chi connectivity index (χ4n) is 2.63. The van der Waals surface area contributed by atoms with Gasteiger partial charge in [-0.3, -0.25) is 5.41 Å². The number of rotatable bonds is 8. The Hall–Kier alpha value is -2.71. The summed E-state index contributed by atoms with van der Waals surface area (Å²) in [5.41, 5.74) is 6.29. The van der Waals surface area contributed by atoms with Gasteiger partial charge in [0.05, 0.1) is 28.2 Å². The number of aliphatic carboxylic acids is 1. The number of thiophene rings is 1. The van der Waals surface area contributed by atoms with E-state index in [4.69, 9.17) is 26.2 Å². The maximum Gasteiger partial charge on any atom is 0.490 e. The molecule has 0 amide bonds. The van der Waals surface area contributed by atoms with Crippen LogP contribution in [0.1, 0.15) is 10.4 Å². The summed E-state index contributed by atoms with van der Waals surface area (Å²) in [6.07, 6.45) is -2.08. The lowest BCUT2D eigenvalue weighted by Gasteiger charge is -2.10. The third-order valence-corrected chi connectivity index (χ3v) is 10.3. The molecule has 3 rings (SSSR count). The van der Waals surface area contributed by atoms with E-state index in [2.05, 4.69) is 26.2 Å². The largest absolute Gasteiger partial charge is 0.490 e. The number of nitrogens with one attached hydrogen (secondary N) is 2. The topological polar surface area (TPSA) is 206 Å². The summed E-state index contributed by atoms with van der Waals surface area (Å²) in [6, 6.07) is 8.90. The van der Waals surface area contributed by atoms with Gasteiger partial charge >= 0.3 is 12.1 Å². The van der Waals surface area contributed by atoms with Crippen molar-refractivity contribution in [2.75, 3.05) is 11.6 Å². The van der Waals surface area contributed by atoms with Gasteiger partial charge < -0.3 is 16.2 Å². The van der Waals surface area contributed by atoms with Crippen LogP contribution in [-0.2, 0) is 31.2 Å². The van der Waals surface area contributed by atoms with E-state index in [0.717, 1.165) is 16.9 Å². The number of hydrogen-bond acceptors (Lipinski definition) is 10. The number of amidine groups is 1. The summed E-state index contributed by atoms with van der Waals surface area (Å²) < 4.78 is 81.7. The Bertz CT molecular complexity index is 1590. The molecule has 0 radical (unpaired) electrons. The number of benzene rings is 1. The number of nitrogens with zero attached hydrogens (tertiary/aromatic N) is 1. The molecule has 0 spiro atoms. The molecule has 3 aromatic rings. The van der Waals surface area contributed by atoms with Crippen LogP contribution in [0.15, 0.2) is 66.0 Å². The van der Waals surface area contributed by atoms with Crippen LogP contribution in [0.5, 0.6) is 0 Å². The summed E-state index contributed by atoms with van der Waals surface area (Å²) in [6.45, 7) is 0.325. The van der Waals surface area contributed by atoms with Crippen LogP contribution in [0, 0.1) is 5.41 Å². The molecule has 0 saturated carbocycles. The van der Waals surface area contributed by atoms with E-state index in [9.17, 15) is 30.0 Å². The van der Waals surface area contributed by atoms with Gasteiger partial charge in [-0.2, -0.15) is 13.2 Å². The molecule has 1 aromatic carbocycles. The lowest BCUT2D eigenvalue weighted by atomic mass is 10.2. The maximum atomic E-state index is 13.1. The summed E-state index contributed by atoms with van der Waals surface area (Å²) in [4.78, 5) is 13.6. The van der Waals surface area contributed by atoms with E-state index in [1.165, 1.54) is 42.2 Å². The Morgan fingerprint density at radius 2 is 1.74 bits per heavy atom. The summed E-state index contributed by atoms with van der Waals surface area (Å²) in [5, 5.41) is 22.9. The molecule has 0 saturated heterocycles. The highest BCUT2D eigenvalue weighted by atomic mass is 79.9. The minimum atomic E-state index is -5.08. The van der Waals surface area contributed by atoms with Gasteiger partial charge in [-0.15, -0.1) is 23.1 Å². The number of thioether (sulfide) groups is 1. The van der Waals surface area contributed by atoms with Gasteiger partial charge in [0.25, 0.3) is 0 Å². The van der Waals surface area contributed by atoms with E-state index in [-0.39, 0.29) is 20.5 Å². The van der Waals surface area contributed by atoms with E-state index in [1.54, 1.807) is 18.4 Å². The van der Waals surface area contributed by atoms with Gasteiger partial charge in [-0.25, -0.2) is 31.8 Å². The van der Waals surface area contributed by atoms with Crippen LogP contribution in [-0.4, -0.2) is 51.2 Å². The number of alkyl halides is 3. The first-order valence-corrected chi connectivity index (χ1v) is 15.8. The molecule has 11 nitrogen and oxygen atoms in total. The van der Waals surface area contributed by atoms with Crippen LogP contribution in [0.2, 0.25) is 0 Å². The fourth-order valence-corrected chi connectivity index (χ4v) is 7.61. The van der Waals surface area contributed by atoms with Crippen LogP contribution in [0.4, 0.5) is 19.0 Å². The van der Waals surface area contributed by atoms with Crippen molar-refractivity contribution in [3.63, 3.8) is 0 Å². The molecule has 0 aliphatic rings. The first kappa shape index (κ1) is 32.5. The monoisotopic (exact) mass is 689 g/mol. The predicted octanol–water partition coefficient (Wildman–Crippen LogP) is 3.64. The van der Waals surface area contributed by atoms with Crippen molar-refractivity contribution in [1.29, 1.82) is 5.41 Å². The molecular formula is C20H19BrF3N5O6S4. The Balaban J connectivity index is 0.000000673. The number of pyridine rings is 1. The predicted molar refractivity (Wildman–Crippen MR) is 143 cm³/mol. The normalized spacial score (nSPS) is 11.8. The number of anilines is 1. The SMILES string of the molecule is CSc1sc(C(=N)N)cc1S(=O)(=O)c1cnc(NCc2ccc(S(N)(=O)=O)cc2)c(Br)c1.O=C(O)C(F)(F)F. The van der Waals surface area contributed by atoms with Gasteiger partial charge in [0.15, 0.2) is 0 Å². The van der Waals surface area contributed by atoms with Crippen molar-refractivity contribution < 1.29 is 39.9 Å². The van der Waals surface area contributed by atoms with Gasteiger partial charge in [0, 0.05) is 12.7 Å². The number of nitrogens with two attached hydrogens (primary N) is 2. The van der Waals surface area contributed by atoms with Crippen LogP contribution in [0.25, 0.3) is 0 Å². The van der Waals surface area contributed by atoms with Crippen molar-refractivity contribution in [1.82, 2.24) is 4.98 Å². The lowest BCUT2D eigenvalue weighted by molar-refractivity contribution is -0.192. The molecule has 212 valence electrons. The Morgan fingerprint density at radius 3 is 2.18 bits per heavy atom. The molecule has 0 fully saturated rings. The van der Waals surface area contributed by atoms with Crippen LogP contribution >= 0.6 is 39.0 Å². The number of carboxylic acids is 1. The lowest BCUT2D eigenvalue weighted by Crippen LogP contribution is -2.21. The highest BCUT2D eigenvalue weighted by Crippen LogP contribution is 2.37. The Kier molecular flexibility index (Phi) is 10.5. The molecular weight excluding hydrogens is 671 g/mol. The average molecular weight is 691 g/mol. The number of nitrogen functional groups attached to an aromatic ring is 1. The molecule has 19 heteroatoms. The highest BCUT2D eigenvalue weighted by Gasteiger charge is 2.38.